The third-order valence-electron chi connectivity index (χ3n) is 2.69. The molecule has 5 heteroatoms. The van der Waals surface area contributed by atoms with Crippen LogP contribution in [0.15, 0.2) is 18.2 Å². The van der Waals surface area contributed by atoms with E-state index < -0.39 is 4.92 Å². The fourth-order valence-corrected chi connectivity index (χ4v) is 1.94. The number of aryl methyl sites for hydroxylation is 1. The second kappa shape index (κ2) is 6.57. The Morgan fingerprint density at radius 1 is 1.47 bits per heavy atom. The summed E-state index contributed by atoms with van der Waals surface area (Å²) in [5.41, 5.74) is 6.68. The minimum absolute atomic E-state index is 0.0844. The first-order valence-corrected chi connectivity index (χ1v) is 6.10. The Bertz CT molecular complexity index is 396. The van der Waals surface area contributed by atoms with E-state index in [0.717, 1.165) is 19.3 Å². The number of rotatable bonds is 6. The molecule has 0 amide bonds. The molecule has 1 unspecified atom stereocenters. The largest absolute Gasteiger partial charge is 0.328 e. The average molecular weight is 257 g/mol. The van der Waals surface area contributed by atoms with Gasteiger partial charge in [0.05, 0.1) is 4.92 Å². The molecule has 0 aromatic heterocycles. The lowest BCUT2D eigenvalue weighted by Gasteiger charge is -2.10. The second-order valence-corrected chi connectivity index (χ2v) is 4.55. The molecule has 94 valence electrons. The lowest BCUT2D eigenvalue weighted by Crippen LogP contribution is -2.20. The topological polar surface area (TPSA) is 69.2 Å². The van der Waals surface area contributed by atoms with Gasteiger partial charge >= 0.3 is 0 Å². The quantitative estimate of drug-likeness (QED) is 0.627. The highest BCUT2D eigenvalue weighted by molar-refractivity contribution is 6.30. The van der Waals surface area contributed by atoms with Gasteiger partial charge in [-0.05, 0) is 25.3 Å². The summed E-state index contributed by atoms with van der Waals surface area (Å²) in [4.78, 5) is 10.5. The molecular formula is C12H17ClN2O2. The molecule has 1 atom stereocenters. The Hall–Kier alpha value is -1.13. The van der Waals surface area contributed by atoms with E-state index in [2.05, 4.69) is 6.92 Å². The Labute approximate surface area is 106 Å². The second-order valence-electron chi connectivity index (χ2n) is 4.12. The third-order valence-corrected chi connectivity index (χ3v) is 2.92. The fraction of sp³-hybridized carbons (Fsp3) is 0.500. The number of nitro groups is 1. The first-order chi connectivity index (χ1) is 8.04. The minimum atomic E-state index is -0.396. The van der Waals surface area contributed by atoms with Gasteiger partial charge in [0.15, 0.2) is 0 Å². The van der Waals surface area contributed by atoms with Gasteiger partial charge in [0.25, 0.3) is 5.69 Å². The first kappa shape index (κ1) is 13.9. The molecule has 1 rings (SSSR count). The SMILES string of the molecule is CCCC(N)CCc1ccc(Cl)cc1[N+](=O)[O-]. The van der Waals surface area contributed by atoms with Crippen LogP contribution in [0.3, 0.4) is 0 Å². The zero-order valence-electron chi connectivity index (χ0n) is 9.86. The summed E-state index contributed by atoms with van der Waals surface area (Å²) in [6, 6.07) is 4.88. The van der Waals surface area contributed by atoms with Gasteiger partial charge in [-0.25, -0.2) is 0 Å². The van der Waals surface area contributed by atoms with Crippen LogP contribution in [0.2, 0.25) is 5.02 Å². The highest BCUT2D eigenvalue weighted by Gasteiger charge is 2.14. The zero-order chi connectivity index (χ0) is 12.8. The highest BCUT2D eigenvalue weighted by atomic mass is 35.5. The van der Waals surface area contributed by atoms with Crippen LogP contribution in [-0.2, 0) is 6.42 Å². The zero-order valence-corrected chi connectivity index (χ0v) is 10.6. The molecule has 1 aromatic rings. The summed E-state index contributed by atoms with van der Waals surface area (Å²) >= 11 is 5.74. The molecule has 0 saturated carbocycles. The molecule has 0 bridgehead atoms. The summed E-state index contributed by atoms with van der Waals surface area (Å²) in [6.07, 6.45) is 3.36. The Balaban J connectivity index is 2.73. The summed E-state index contributed by atoms with van der Waals surface area (Å²) in [7, 11) is 0. The predicted octanol–water partition coefficient (Wildman–Crippen LogP) is 3.31. The highest BCUT2D eigenvalue weighted by Crippen LogP contribution is 2.24. The van der Waals surface area contributed by atoms with Crippen molar-refractivity contribution < 1.29 is 4.92 Å². The molecule has 17 heavy (non-hydrogen) atoms. The van der Waals surface area contributed by atoms with Crippen molar-refractivity contribution in [1.82, 2.24) is 0 Å². The van der Waals surface area contributed by atoms with E-state index in [0.29, 0.717) is 17.0 Å². The van der Waals surface area contributed by atoms with Gasteiger partial charge < -0.3 is 5.73 Å². The van der Waals surface area contributed by atoms with Crippen LogP contribution in [0.1, 0.15) is 31.7 Å². The summed E-state index contributed by atoms with van der Waals surface area (Å²) < 4.78 is 0. The maximum Gasteiger partial charge on any atom is 0.274 e. The number of halogens is 1. The number of nitrogens with zero attached hydrogens (tertiary/aromatic N) is 1. The average Bonchev–Trinajstić information content (AvgIpc) is 2.27. The van der Waals surface area contributed by atoms with Gasteiger partial charge in [-0.15, -0.1) is 0 Å². The van der Waals surface area contributed by atoms with E-state index in [-0.39, 0.29) is 11.7 Å². The number of hydrogen-bond acceptors (Lipinski definition) is 3. The van der Waals surface area contributed by atoms with Crippen molar-refractivity contribution in [3.63, 3.8) is 0 Å². The molecule has 0 saturated heterocycles. The number of hydrogen-bond donors (Lipinski definition) is 1. The molecule has 2 N–H and O–H groups in total. The molecule has 0 spiro atoms. The van der Waals surface area contributed by atoms with Gasteiger partial charge in [-0.3, -0.25) is 10.1 Å². The van der Waals surface area contributed by atoms with Gasteiger partial charge in [0.2, 0.25) is 0 Å². The summed E-state index contributed by atoms with van der Waals surface area (Å²) in [5, 5.41) is 11.2. The summed E-state index contributed by atoms with van der Waals surface area (Å²) in [5.74, 6) is 0. The van der Waals surface area contributed by atoms with Crippen molar-refractivity contribution in [2.75, 3.05) is 0 Å². The molecule has 0 radical (unpaired) electrons. The van der Waals surface area contributed by atoms with Gasteiger partial charge in [-0.1, -0.05) is 31.0 Å². The van der Waals surface area contributed by atoms with Crippen molar-refractivity contribution in [2.24, 2.45) is 5.73 Å². The normalized spacial score (nSPS) is 12.4. The minimum Gasteiger partial charge on any atom is -0.328 e. The molecule has 0 heterocycles. The van der Waals surface area contributed by atoms with E-state index in [1.165, 1.54) is 6.07 Å². The van der Waals surface area contributed by atoms with E-state index in [9.17, 15) is 10.1 Å². The third kappa shape index (κ3) is 4.32. The van der Waals surface area contributed by atoms with E-state index in [1.807, 2.05) is 0 Å². The van der Waals surface area contributed by atoms with Crippen LogP contribution in [0, 0.1) is 10.1 Å². The maximum atomic E-state index is 10.9. The van der Waals surface area contributed by atoms with Crippen LogP contribution in [0.5, 0.6) is 0 Å². The van der Waals surface area contributed by atoms with Crippen molar-refractivity contribution in [3.8, 4) is 0 Å². The fourth-order valence-electron chi connectivity index (χ4n) is 1.77. The Morgan fingerprint density at radius 3 is 2.76 bits per heavy atom. The van der Waals surface area contributed by atoms with E-state index >= 15 is 0 Å². The number of benzene rings is 1. The van der Waals surface area contributed by atoms with Gasteiger partial charge in [-0.2, -0.15) is 0 Å². The molecule has 4 nitrogen and oxygen atoms in total. The molecule has 0 aliphatic carbocycles. The van der Waals surface area contributed by atoms with Crippen LogP contribution >= 0.6 is 11.6 Å². The predicted molar refractivity (Wildman–Crippen MR) is 69.3 cm³/mol. The molecular weight excluding hydrogens is 240 g/mol. The van der Waals surface area contributed by atoms with Gasteiger partial charge in [0.1, 0.15) is 0 Å². The number of nitro benzene ring substituents is 1. The van der Waals surface area contributed by atoms with Crippen LogP contribution in [-0.4, -0.2) is 11.0 Å². The first-order valence-electron chi connectivity index (χ1n) is 5.73. The molecule has 0 aliphatic heterocycles. The Kier molecular flexibility index (Phi) is 5.38. The van der Waals surface area contributed by atoms with Crippen molar-refractivity contribution in [3.05, 3.63) is 38.9 Å². The van der Waals surface area contributed by atoms with E-state index in [4.69, 9.17) is 17.3 Å². The van der Waals surface area contributed by atoms with Crippen molar-refractivity contribution in [2.45, 2.75) is 38.6 Å². The monoisotopic (exact) mass is 256 g/mol. The standard InChI is InChI=1S/C12H17ClN2O2/c1-2-3-11(14)7-5-9-4-6-10(13)8-12(9)15(16)17/h4,6,8,11H,2-3,5,7,14H2,1H3. The molecule has 0 aliphatic rings. The number of nitrogens with two attached hydrogens (primary N) is 1. The van der Waals surface area contributed by atoms with Crippen molar-refractivity contribution in [1.29, 1.82) is 0 Å². The maximum absolute atomic E-state index is 10.9. The molecule has 1 aromatic carbocycles. The lowest BCUT2D eigenvalue weighted by atomic mass is 10.0. The van der Waals surface area contributed by atoms with Crippen LogP contribution in [0.4, 0.5) is 5.69 Å². The van der Waals surface area contributed by atoms with Crippen LogP contribution in [0.25, 0.3) is 0 Å². The van der Waals surface area contributed by atoms with Gasteiger partial charge in [0, 0.05) is 22.7 Å². The molecule has 0 fully saturated rings. The van der Waals surface area contributed by atoms with Crippen molar-refractivity contribution >= 4 is 17.3 Å². The summed E-state index contributed by atoms with van der Waals surface area (Å²) in [6.45, 7) is 2.07. The smallest absolute Gasteiger partial charge is 0.274 e. The Morgan fingerprint density at radius 2 is 2.18 bits per heavy atom. The van der Waals surface area contributed by atoms with Crippen LogP contribution < -0.4 is 5.73 Å². The van der Waals surface area contributed by atoms with E-state index in [1.54, 1.807) is 12.1 Å². The lowest BCUT2D eigenvalue weighted by molar-refractivity contribution is -0.385.